The van der Waals surface area contributed by atoms with E-state index < -0.39 is 11.9 Å². The molecule has 3 heterocycles. The third-order valence-electron chi connectivity index (χ3n) is 4.39. The lowest BCUT2D eigenvalue weighted by Crippen LogP contribution is -2.35. The number of amides is 1. The van der Waals surface area contributed by atoms with Crippen molar-refractivity contribution < 1.29 is 19.1 Å². The number of aromatic carboxylic acids is 1. The van der Waals surface area contributed by atoms with E-state index in [2.05, 4.69) is 23.9 Å². The fourth-order valence-corrected chi connectivity index (χ4v) is 4.09. The van der Waals surface area contributed by atoms with E-state index in [1.807, 2.05) is 0 Å². The van der Waals surface area contributed by atoms with Gasteiger partial charge in [-0.2, -0.15) is 15.1 Å². The van der Waals surface area contributed by atoms with Crippen LogP contribution in [0, 0.1) is 11.3 Å². The average molecular weight is 422 g/mol. The number of hydrazone groups is 1. The summed E-state index contributed by atoms with van der Waals surface area (Å²) in [6, 6.07) is 9.71. The Labute approximate surface area is 176 Å². The van der Waals surface area contributed by atoms with Gasteiger partial charge in [0.1, 0.15) is 16.6 Å². The van der Waals surface area contributed by atoms with Crippen LogP contribution in [0.4, 0.5) is 0 Å². The van der Waals surface area contributed by atoms with Crippen LogP contribution in [0.1, 0.15) is 36.4 Å². The van der Waals surface area contributed by atoms with E-state index >= 15 is 0 Å². The number of nitrogens with zero attached hydrogens (tertiary/aromatic N) is 3. The van der Waals surface area contributed by atoms with Crippen molar-refractivity contribution in [2.45, 2.75) is 20.3 Å². The first-order valence-electron chi connectivity index (χ1n) is 9.24. The molecule has 152 valence electrons. The number of carboxylic acid groups (broad SMARTS) is 1. The Balaban J connectivity index is 1.61. The summed E-state index contributed by atoms with van der Waals surface area (Å²) in [4.78, 5) is 27.7. The number of carbonyl (C=O) groups is 2. The van der Waals surface area contributed by atoms with Gasteiger partial charge in [0, 0.05) is 12.0 Å². The van der Waals surface area contributed by atoms with Crippen LogP contribution >= 0.6 is 11.8 Å². The highest BCUT2D eigenvalue weighted by Gasteiger charge is 2.35. The van der Waals surface area contributed by atoms with Crippen molar-refractivity contribution in [1.82, 2.24) is 5.01 Å². The van der Waals surface area contributed by atoms with Gasteiger partial charge in [-0.05, 0) is 48.0 Å². The Morgan fingerprint density at radius 3 is 2.87 bits per heavy atom. The zero-order valence-corrected chi connectivity index (χ0v) is 17.1. The molecule has 4 rings (SSSR count). The molecule has 1 aromatic carbocycles. The van der Waals surface area contributed by atoms with Crippen LogP contribution in [0.2, 0.25) is 0 Å². The van der Waals surface area contributed by atoms with Gasteiger partial charge in [-0.3, -0.25) is 10.2 Å². The SMILES string of the molecule is CC(C)CC1=NN2C(=N)C(=Cc3ccc(-c4cccc(C(=O)O)c4)o3)C(=O)N=C2S1. The van der Waals surface area contributed by atoms with Crippen molar-refractivity contribution in [2.75, 3.05) is 0 Å². The smallest absolute Gasteiger partial charge is 0.335 e. The zero-order chi connectivity index (χ0) is 21.4. The number of hydrogen-bond donors (Lipinski definition) is 2. The van der Waals surface area contributed by atoms with E-state index in [9.17, 15) is 9.59 Å². The maximum atomic E-state index is 12.5. The van der Waals surface area contributed by atoms with Gasteiger partial charge in [-0.25, -0.2) is 4.79 Å². The summed E-state index contributed by atoms with van der Waals surface area (Å²) in [6.07, 6.45) is 2.20. The molecule has 2 N–H and O–H groups in total. The number of fused-ring (bicyclic) bond motifs is 1. The van der Waals surface area contributed by atoms with Crippen molar-refractivity contribution in [2.24, 2.45) is 16.0 Å². The Morgan fingerprint density at radius 2 is 2.13 bits per heavy atom. The first-order chi connectivity index (χ1) is 14.3. The zero-order valence-electron chi connectivity index (χ0n) is 16.2. The van der Waals surface area contributed by atoms with Gasteiger partial charge < -0.3 is 9.52 Å². The van der Waals surface area contributed by atoms with Gasteiger partial charge in [-0.1, -0.05) is 26.0 Å². The fraction of sp³-hybridized carbons (Fsp3) is 0.190. The summed E-state index contributed by atoms with van der Waals surface area (Å²) in [5, 5.41) is 24.5. The Bertz CT molecular complexity index is 1160. The predicted molar refractivity (Wildman–Crippen MR) is 116 cm³/mol. The molecule has 0 saturated carbocycles. The number of thioether (sulfide) groups is 1. The molecule has 0 aliphatic carbocycles. The van der Waals surface area contributed by atoms with E-state index in [0.717, 1.165) is 11.5 Å². The van der Waals surface area contributed by atoms with Gasteiger partial charge >= 0.3 is 5.97 Å². The second-order valence-corrected chi connectivity index (χ2v) is 8.24. The highest BCUT2D eigenvalue weighted by molar-refractivity contribution is 8.26. The molecule has 1 amide bonds. The van der Waals surface area contributed by atoms with Crippen LogP contribution in [-0.4, -0.2) is 38.0 Å². The number of nitrogens with one attached hydrogen (secondary N) is 1. The van der Waals surface area contributed by atoms with Crippen molar-refractivity contribution >= 4 is 45.8 Å². The first kappa shape index (κ1) is 19.8. The topological polar surface area (TPSA) is 119 Å². The molecule has 2 aliphatic heterocycles. The minimum Gasteiger partial charge on any atom is -0.478 e. The molecule has 0 radical (unpaired) electrons. The Hall–Kier alpha value is -3.46. The van der Waals surface area contributed by atoms with E-state index in [1.165, 1.54) is 35.0 Å². The second-order valence-electron chi connectivity index (χ2n) is 7.20. The van der Waals surface area contributed by atoms with Crippen LogP contribution < -0.4 is 0 Å². The van der Waals surface area contributed by atoms with Gasteiger partial charge in [0.2, 0.25) is 5.17 Å². The molecular formula is C21H18N4O4S. The molecule has 0 fully saturated rings. The van der Waals surface area contributed by atoms with Gasteiger partial charge in [0.05, 0.1) is 11.1 Å². The van der Waals surface area contributed by atoms with Crippen molar-refractivity contribution in [3.63, 3.8) is 0 Å². The first-order valence-corrected chi connectivity index (χ1v) is 10.1. The molecule has 0 spiro atoms. The molecule has 0 saturated heterocycles. The molecule has 2 aliphatic rings. The monoisotopic (exact) mass is 422 g/mol. The number of carboxylic acids is 1. The van der Waals surface area contributed by atoms with Crippen molar-refractivity contribution in [3.8, 4) is 11.3 Å². The number of furan rings is 1. The third-order valence-corrected chi connectivity index (χ3v) is 5.32. The summed E-state index contributed by atoms with van der Waals surface area (Å²) in [5.41, 5.74) is 0.828. The molecule has 8 nitrogen and oxygen atoms in total. The quantitative estimate of drug-likeness (QED) is 0.693. The average Bonchev–Trinajstić information content (AvgIpc) is 3.31. The lowest BCUT2D eigenvalue weighted by Gasteiger charge is -2.19. The predicted octanol–water partition coefficient (Wildman–Crippen LogP) is 4.31. The molecule has 9 heteroatoms. The molecular weight excluding hydrogens is 404 g/mol. The van der Waals surface area contributed by atoms with E-state index in [1.54, 1.807) is 24.3 Å². The third kappa shape index (κ3) is 3.84. The number of benzene rings is 1. The lowest BCUT2D eigenvalue weighted by atomic mass is 10.1. The summed E-state index contributed by atoms with van der Waals surface area (Å²) in [5.74, 6) is -0.387. The summed E-state index contributed by atoms with van der Waals surface area (Å²) in [6.45, 7) is 4.15. The lowest BCUT2D eigenvalue weighted by molar-refractivity contribution is -0.114. The summed E-state index contributed by atoms with van der Waals surface area (Å²) in [7, 11) is 0. The molecule has 2 aromatic rings. The van der Waals surface area contributed by atoms with Crippen LogP contribution in [0.3, 0.4) is 0 Å². The van der Waals surface area contributed by atoms with E-state index in [0.29, 0.717) is 28.2 Å². The molecule has 0 unspecified atom stereocenters. The largest absolute Gasteiger partial charge is 0.478 e. The van der Waals surface area contributed by atoms with Crippen LogP contribution in [0.25, 0.3) is 17.4 Å². The number of aliphatic imine (C=N–C) groups is 1. The number of rotatable bonds is 5. The molecule has 0 atom stereocenters. The highest BCUT2D eigenvalue weighted by Crippen LogP contribution is 2.31. The van der Waals surface area contributed by atoms with Crippen LogP contribution in [-0.2, 0) is 4.79 Å². The van der Waals surface area contributed by atoms with E-state index in [-0.39, 0.29) is 17.0 Å². The fourth-order valence-electron chi connectivity index (χ4n) is 3.00. The second kappa shape index (κ2) is 7.75. The Kier molecular flexibility index (Phi) is 5.13. The van der Waals surface area contributed by atoms with E-state index in [4.69, 9.17) is 14.9 Å². The molecule has 30 heavy (non-hydrogen) atoms. The Morgan fingerprint density at radius 1 is 1.33 bits per heavy atom. The number of amidine groups is 2. The number of hydrogen-bond acceptors (Lipinski definition) is 6. The minimum atomic E-state index is -1.03. The van der Waals surface area contributed by atoms with Gasteiger partial charge in [0.25, 0.3) is 5.91 Å². The maximum absolute atomic E-state index is 12.5. The normalized spacial score (nSPS) is 17.4. The molecule has 0 bridgehead atoms. The van der Waals surface area contributed by atoms with Crippen molar-refractivity contribution in [3.05, 3.63) is 53.3 Å². The maximum Gasteiger partial charge on any atom is 0.335 e. The summed E-state index contributed by atoms with van der Waals surface area (Å²) >= 11 is 1.31. The molecule has 1 aromatic heterocycles. The van der Waals surface area contributed by atoms with Gasteiger partial charge in [-0.15, -0.1) is 0 Å². The highest BCUT2D eigenvalue weighted by atomic mass is 32.2. The van der Waals surface area contributed by atoms with Gasteiger partial charge in [0.15, 0.2) is 5.84 Å². The summed E-state index contributed by atoms with van der Waals surface area (Å²) < 4.78 is 5.76. The van der Waals surface area contributed by atoms with Crippen molar-refractivity contribution in [1.29, 1.82) is 5.41 Å². The minimum absolute atomic E-state index is 0.0536. The van der Waals surface area contributed by atoms with Crippen LogP contribution in [0.5, 0.6) is 0 Å². The number of carbonyl (C=O) groups excluding carboxylic acids is 1. The standard InChI is InChI=1S/C21H18N4O4S/c1-11(2)8-17-24-25-18(22)15(19(26)23-21(25)30-17)10-14-6-7-16(29-14)12-4-3-5-13(9-12)20(27)28/h3-7,9-11,22H,8H2,1-2H3,(H,27,28). The van der Waals surface area contributed by atoms with Crippen LogP contribution in [0.15, 0.2) is 56.5 Å².